The Hall–Kier alpha value is -4.42. The van der Waals surface area contributed by atoms with E-state index >= 15 is 0 Å². The van der Waals surface area contributed by atoms with Gasteiger partial charge >= 0.3 is 0 Å². The van der Waals surface area contributed by atoms with Crippen molar-refractivity contribution in [2.75, 3.05) is 25.0 Å². The van der Waals surface area contributed by atoms with Gasteiger partial charge in [0, 0.05) is 35.1 Å². The molecule has 0 radical (unpaired) electrons. The fraction of sp³-hybridized carbons (Fsp3) is 0.188. The Bertz CT molecular complexity index is 1590. The summed E-state index contributed by atoms with van der Waals surface area (Å²) in [4.78, 5) is 31.5. The molecule has 0 spiro atoms. The van der Waals surface area contributed by atoms with Gasteiger partial charge in [0.1, 0.15) is 12.4 Å². The molecule has 0 saturated heterocycles. The van der Waals surface area contributed by atoms with Gasteiger partial charge in [-0.3, -0.25) is 14.5 Å². The molecular formula is C32H31N3O3. The molecule has 0 aliphatic rings. The predicted molar refractivity (Wildman–Crippen MR) is 154 cm³/mol. The number of amides is 1. The van der Waals surface area contributed by atoms with Gasteiger partial charge in [-0.1, -0.05) is 61.5 Å². The number of fused-ring (bicyclic) bond motifs is 2. The molecule has 1 aromatic heterocycles. The number of likely N-dealkylation sites (N-methyl/N-ethyl adjacent to an activating group) is 1. The van der Waals surface area contributed by atoms with Crippen LogP contribution in [0, 0.1) is 0 Å². The van der Waals surface area contributed by atoms with Crippen LogP contribution >= 0.6 is 0 Å². The average molecular weight is 506 g/mol. The van der Waals surface area contributed by atoms with Gasteiger partial charge < -0.3 is 15.0 Å². The van der Waals surface area contributed by atoms with Crippen LogP contribution in [-0.2, 0) is 17.8 Å². The third-order valence-corrected chi connectivity index (χ3v) is 6.69. The van der Waals surface area contributed by atoms with Gasteiger partial charge in [-0.2, -0.15) is 0 Å². The van der Waals surface area contributed by atoms with Crippen molar-refractivity contribution in [3.05, 3.63) is 118 Å². The molecule has 0 bridgehead atoms. The van der Waals surface area contributed by atoms with E-state index in [4.69, 9.17) is 4.74 Å². The first-order valence-electron chi connectivity index (χ1n) is 12.9. The lowest BCUT2D eigenvalue weighted by Gasteiger charge is -2.20. The van der Waals surface area contributed by atoms with Crippen molar-refractivity contribution in [3.63, 3.8) is 0 Å². The second-order valence-electron chi connectivity index (χ2n) is 9.29. The second kappa shape index (κ2) is 11.8. The molecule has 0 aliphatic heterocycles. The lowest BCUT2D eigenvalue weighted by atomic mass is 10.0. The van der Waals surface area contributed by atoms with Crippen LogP contribution in [0.3, 0.4) is 0 Å². The first kappa shape index (κ1) is 25.2. The van der Waals surface area contributed by atoms with E-state index in [0.717, 1.165) is 36.5 Å². The summed E-state index contributed by atoms with van der Waals surface area (Å²) in [6.07, 6.45) is 0.151. The van der Waals surface area contributed by atoms with Crippen molar-refractivity contribution < 1.29 is 9.53 Å². The largest absolute Gasteiger partial charge is 0.492 e. The number of nitrogens with one attached hydrogen (secondary N) is 2. The number of para-hydroxylation sites is 2. The lowest BCUT2D eigenvalue weighted by molar-refractivity contribution is -0.115. The molecule has 192 valence electrons. The molecule has 0 saturated carbocycles. The van der Waals surface area contributed by atoms with E-state index in [1.54, 1.807) is 6.07 Å². The molecule has 6 nitrogen and oxygen atoms in total. The Kier molecular flexibility index (Phi) is 7.81. The maximum Gasteiger partial charge on any atom is 0.228 e. The number of ether oxygens (including phenoxy) is 1. The number of pyridine rings is 1. The van der Waals surface area contributed by atoms with Gasteiger partial charge in [-0.15, -0.1) is 0 Å². The van der Waals surface area contributed by atoms with Crippen molar-refractivity contribution >= 4 is 33.4 Å². The zero-order valence-corrected chi connectivity index (χ0v) is 21.4. The molecule has 2 N–H and O–H groups in total. The fourth-order valence-electron chi connectivity index (χ4n) is 4.65. The van der Waals surface area contributed by atoms with E-state index in [-0.39, 0.29) is 17.8 Å². The fourth-order valence-corrected chi connectivity index (χ4v) is 4.65. The van der Waals surface area contributed by atoms with Crippen LogP contribution in [-0.4, -0.2) is 35.5 Å². The van der Waals surface area contributed by atoms with Gasteiger partial charge in [-0.05, 0) is 60.1 Å². The minimum absolute atomic E-state index is 0.0330. The molecule has 5 aromatic rings. The summed E-state index contributed by atoms with van der Waals surface area (Å²) in [5, 5.41) is 4.18. The molecule has 0 unspecified atom stereocenters. The van der Waals surface area contributed by atoms with E-state index < -0.39 is 0 Å². The number of hydrogen-bond donors (Lipinski definition) is 2. The standard InChI is InChI=1S/C32H31N3O3/c1-2-35(22-23-9-4-3-5-10-23)19-20-38-26-17-15-25(16-18-26)33-30(36)21-24-11-8-13-28-31(24)34-29-14-7-6-12-27(29)32(28)37/h3-18H,2,19-22H2,1H3,(H,33,36)(H,34,37). The van der Waals surface area contributed by atoms with E-state index in [9.17, 15) is 9.59 Å². The summed E-state index contributed by atoms with van der Waals surface area (Å²) in [5.74, 6) is 0.608. The highest BCUT2D eigenvalue weighted by atomic mass is 16.5. The molecular weight excluding hydrogens is 474 g/mol. The van der Waals surface area contributed by atoms with Crippen LogP contribution in [0.2, 0.25) is 0 Å². The minimum atomic E-state index is -0.153. The molecule has 6 heteroatoms. The van der Waals surface area contributed by atoms with Crippen LogP contribution in [0.5, 0.6) is 5.75 Å². The number of benzene rings is 4. The highest BCUT2D eigenvalue weighted by Gasteiger charge is 2.12. The van der Waals surface area contributed by atoms with Crippen molar-refractivity contribution in [2.45, 2.75) is 19.9 Å². The summed E-state index contributed by atoms with van der Waals surface area (Å²) in [7, 11) is 0. The number of anilines is 1. The minimum Gasteiger partial charge on any atom is -0.492 e. The highest BCUT2D eigenvalue weighted by molar-refractivity contribution is 5.98. The van der Waals surface area contributed by atoms with Gasteiger partial charge in [-0.25, -0.2) is 0 Å². The van der Waals surface area contributed by atoms with Crippen LogP contribution in [0.15, 0.2) is 102 Å². The monoisotopic (exact) mass is 505 g/mol. The normalized spacial score (nSPS) is 11.2. The first-order valence-corrected chi connectivity index (χ1v) is 12.9. The summed E-state index contributed by atoms with van der Waals surface area (Å²) in [6, 6.07) is 30.7. The maximum atomic E-state index is 12.9. The molecule has 1 amide bonds. The predicted octanol–water partition coefficient (Wildman–Crippen LogP) is 5.76. The molecule has 4 aromatic carbocycles. The third-order valence-electron chi connectivity index (χ3n) is 6.69. The number of aromatic amines is 1. The third kappa shape index (κ3) is 5.93. The molecule has 1 heterocycles. The molecule has 0 fully saturated rings. The zero-order chi connectivity index (χ0) is 26.3. The Morgan fingerprint density at radius 1 is 0.868 bits per heavy atom. The average Bonchev–Trinajstić information content (AvgIpc) is 2.94. The molecule has 38 heavy (non-hydrogen) atoms. The molecule has 0 aliphatic carbocycles. The van der Waals surface area contributed by atoms with E-state index in [1.165, 1.54) is 5.56 Å². The summed E-state index contributed by atoms with van der Waals surface area (Å²) in [5.41, 5.74) is 4.19. The Labute approximate surface area is 221 Å². The Balaban J connectivity index is 1.18. The summed E-state index contributed by atoms with van der Waals surface area (Å²) < 4.78 is 5.94. The van der Waals surface area contributed by atoms with Gasteiger partial charge in [0.15, 0.2) is 5.43 Å². The van der Waals surface area contributed by atoms with E-state index in [1.807, 2.05) is 66.7 Å². The van der Waals surface area contributed by atoms with Crippen molar-refractivity contribution in [1.82, 2.24) is 9.88 Å². The van der Waals surface area contributed by atoms with Gasteiger partial charge in [0.2, 0.25) is 5.91 Å². The second-order valence-corrected chi connectivity index (χ2v) is 9.29. The topological polar surface area (TPSA) is 74.4 Å². The number of nitrogens with zero attached hydrogens (tertiary/aromatic N) is 1. The summed E-state index contributed by atoms with van der Waals surface area (Å²) >= 11 is 0. The Morgan fingerprint density at radius 3 is 2.39 bits per heavy atom. The summed E-state index contributed by atoms with van der Waals surface area (Å²) in [6.45, 7) is 5.40. The number of hydrogen-bond acceptors (Lipinski definition) is 4. The molecule has 0 atom stereocenters. The van der Waals surface area contributed by atoms with E-state index in [2.05, 4.69) is 46.4 Å². The number of aromatic nitrogens is 1. The van der Waals surface area contributed by atoms with Gasteiger partial charge in [0.05, 0.1) is 11.9 Å². The highest BCUT2D eigenvalue weighted by Crippen LogP contribution is 2.20. The van der Waals surface area contributed by atoms with Crippen LogP contribution < -0.4 is 15.5 Å². The van der Waals surface area contributed by atoms with Crippen LogP contribution in [0.4, 0.5) is 5.69 Å². The molecule has 5 rings (SSSR count). The number of carbonyl (C=O) groups is 1. The number of H-pyrrole nitrogens is 1. The van der Waals surface area contributed by atoms with Crippen LogP contribution in [0.25, 0.3) is 21.8 Å². The quantitative estimate of drug-likeness (QED) is 0.237. The van der Waals surface area contributed by atoms with Crippen molar-refractivity contribution in [2.24, 2.45) is 0 Å². The zero-order valence-electron chi connectivity index (χ0n) is 21.4. The lowest BCUT2D eigenvalue weighted by Crippen LogP contribution is -2.27. The maximum absolute atomic E-state index is 12.9. The first-order chi connectivity index (χ1) is 18.6. The number of carbonyl (C=O) groups excluding carboxylic acids is 1. The van der Waals surface area contributed by atoms with Crippen LogP contribution in [0.1, 0.15) is 18.1 Å². The number of rotatable bonds is 10. The van der Waals surface area contributed by atoms with Gasteiger partial charge in [0.25, 0.3) is 0 Å². The van der Waals surface area contributed by atoms with Crippen molar-refractivity contribution in [1.29, 1.82) is 0 Å². The van der Waals surface area contributed by atoms with E-state index in [0.29, 0.717) is 28.6 Å². The SMILES string of the molecule is CCN(CCOc1ccc(NC(=O)Cc2cccc3c(=O)c4ccccc4[nH]c23)cc1)Cc1ccccc1. The Morgan fingerprint density at radius 2 is 1.61 bits per heavy atom. The van der Waals surface area contributed by atoms with Crippen molar-refractivity contribution in [3.8, 4) is 5.75 Å². The smallest absolute Gasteiger partial charge is 0.228 e.